The summed E-state index contributed by atoms with van der Waals surface area (Å²) in [6.07, 6.45) is 1.11. The van der Waals surface area contributed by atoms with E-state index in [1.54, 1.807) is 29.2 Å². The molecular formula is C16H25N3O4S. The molecule has 1 aliphatic rings. The Morgan fingerprint density at radius 1 is 1.25 bits per heavy atom. The number of hydrogen-bond acceptors (Lipinski definition) is 5. The Bertz CT molecular complexity index is 670. The van der Waals surface area contributed by atoms with E-state index < -0.39 is 10.0 Å². The first kappa shape index (κ1) is 18.5. The van der Waals surface area contributed by atoms with Gasteiger partial charge < -0.3 is 14.5 Å². The second-order valence-corrected chi connectivity index (χ2v) is 7.79. The number of anilines is 1. The van der Waals surface area contributed by atoms with Gasteiger partial charge in [-0.05, 0) is 26.1 Å². The monoisotopic (exact) mass is 355 g/mol. The Labute approximate surface area is 143 Å². The molecule has 0 N–H and O–H groups in total. The van der Waals surface area contributed by atoms with E-state index in [9.17, 15) is 13.2 Å². The second-order valence-electron chi connectivity index (χ2n) is 5.88. The summed E-state index contributed by atoms with van der Waals surface area (Å²) < 4.78 is 30.9. The first-order valence-electron chi connectivity index (χ1n) is 7.98. The van der Waals surface area contributed by atoms with Crippen LogP contribution in [0.15, 0.2) is 24.3 Å². The van der Waals surface area contributed by atoms with Gasteiger partial charge in [-0.3, -0.25) is 9.10 Å². The highest BCUT2D eigenvalue weighted by molar-refractivity contribution is 7.92. The molecule has 1 aliphatic heterocycles. The third-order valence-electron chi connectivity index (χ3n) is 3.95. The smallest absolute Gasteiger partial charge is 0.243 e. The van der Waals surface area contributed by atoms with Crippen molar-refractivity contribution in [3.05, 3.63) is 24.3 Å². The summed E-state index contributed by atoms with van der Waals surface area (Å²) >= 11 is 0. The molecule has 0 unspecified atom stereocenters. The number of benzene rings is 1. The summed E-state index contributed by atoms with van der Waals surface area (Å²) in [6.45, 7) is 4.98. The molecule has 1 amide bonds. The normalized spacial score (nSPS) is 16.0. The molecule has 8 heteroatoms. The molecule has 1 saturated heterocycles. The molecule has 0 atom stereocenters. The third-order valence-corrected chi connectivity index (χ3v) is 5.09. The lowest BCUT2D eigenvalue weighted by Crippen LogP contribution is -2.50. The Balaban J connectivity index is 2.17. The summed E-state index contributed by atoms with van der Waals surface area (Å²) in [5.74, 6) is 0.394. The molecule has 0 bridgehead atoms. The Kier molecular flexibility index (Phi) is 6.06. The predicted octanol–water partition coefficient (Wildman–Crippen LogP) is 0.625. The standard InChI is InChI=1S/C16H25N3O4S/c1-4-23-15-7-5-6-14(12-15)19(24(3,21)22)13-16(20)18-10-8-17(2)9-11-18/h5-7,12H,4,8-11,13H2,1-3H3. The van der Waals surface area contributed by atoms with Gasteiger partial charge in [-0.15, -0.1) is 0 Å². The second kappa shape index (κ2) is 7.85. The molecule has 0 radical (unpaired) electrons. The van der Waals surface area contributed by atoms with Gasteiger partial charge in [0.2, 0.25) is 15.9 Å². The van der Waals surface area contributed by atoms with Gasteiger partial charge >= 0.3 is 0 Å². The molecular weight excluding hydrogens is 330 g/mol. The fourth-order valence-electron chi connectivity index (χ4n) is 2.57. The number of rotatable bonds is 6. The molecule has 2 rings (SSSR count). The molecule has 7 nitrogen and oxygen atoms in total. The van der Waals surface area contributed by atoms with Gasteiger partial charge in [0.1, 0.15) is 12.3 Å². The van der Waals surface area contributed by atoms with Crippen LogP contribution in [0.3, 0.4) is 0 Å². The topological polar surface area (TPSA) is 70.2 Å². The molecule has 1 aromatic rings. The Morgan fingerprint density at radius 2 is 1.92 bits per heavy atom. The first-order chi connectivity index (χ1) is 11.3. The minimum absolute atomic E-state index is 0.185. The van der Waals surface area contributed by atoms with Crippen molar-refractivity contribution in [3.63, 3.8) is 0 Å². The minimum Gasteiger partial charge on any atom is -0.494 e. The van der Waals surface area contributed by atoms with Gasteiger partial charge in [0.25, 0.3) is 0 Å². The number of piperazine rings is 1. The van der Waals surface area contributed by atoms with Crippen LogP contribution in [0.2, 0.25) is 0 Å². The lowest BCUT2D eigenvalue weighted by Gasteiger charge is -2.34. The van der Waals surface area contributed by atoms with Crippen LogP contribution in [-0.4, -0.2) is 76.8 Å². The zero-order valence-corrected chi connectivity index (χ0v) is 15.3. The van der Waals surface area contributed by atoms with Crippen molar-refractivity contribution in [3.8, 4) is 5.75 Å². The van der Waals surface area contributed by atoms with E-state index in [1.807, 2.05) is 14.0 Å². The molecule has 134 valence electrons. The molecule has 0 saturated carbocycles. The van der Waals surface area contributed by atoms with Crippen LogP contribution in [0.1, 0.15) is 6.92 Å². The van der Waals surface area contributed by atoms with Crippen LogP contribution in [0, 0.1) is 0 Å². The van der Waals surface area contributed by atoms with Gasteiger partial charge in [-0.25, -0.2) is 8.42 Å². The molecule has 0 spiro atoms. The molecule has 1 aromatic carbocycles. The van der Waals surface area contributed by atoms with E-state index >= 15 is 0 Å². The molecule has 1 heterocycles. The molecule has 24 heavy (non-hydrogen) atoms. The number of ether oxygens (including phenoxy) is 1. The number of hydrogen-bond donors (Lipinski definition) is 0. The number of carbonyl (C=O) groups excluding carboxylic acids is 1. The lowest BCUT2D eigenvalue weighted by molar-refractivity contribution is -0.131. The SMILES string of the molecule is CCOc1cccc(N(CC(=O)N2CCN(C)CC2)S(C)(=O)=O)c1. The lowest BCUT2D eigenvalue weighted by atomic mass is 10.3. The maximum Gasteiger partial charge on any atom is 0.243 e. The van der Waals surface area contributed by atoms with Crippen molar-refractivity contribution >= 4 is 21.6 Å². The Morgan fingerprint density at radius 3 is 2.50 bits per heavy atom. The van der Waals surface area contributed by atoms with Gasteiger partial charge in [0.15, 0.2) is 0 Å². The summed E-state index contributed by atoms with van der Waals surface area (Å²) in [7, 11) is -1.57. The average Bonchev–Trinajstić information content (AvgIpc) is 2.52. The van der Waals surface area contributed by atoms with Crippen molar-refractivity contribution in [1.29, 1.82) is 0 Å². The highest BCUT2D eigenvalue weighted by Gasteiger charge is 2.26. The predicted molar refractivity (Wildman–Crippen MR) is 93.9 cm³/mol. The van der Waals surface area contributed by atoms with Gasteiger partial charge in [-0.1, -0.05) is 6.07 Å². The largest absolute Gasteiger partial charge is 0.494 e. The highest BCUT2D eigenvalue weighted by atomic mass is 32.2. The van der Waals surface area contributed by atoms with Crippen LogP contribution in [-0.2, 0) is 14.8 Å². The first-order valence-corrected chi connectivity index (χ1v) is 9.83. The zero-order chi connectivity index (χ0) is 17.7. The van der Waals surface area contributed by atoms with Crippen LogP contribution in [0.4, 0.5) is 5.69 Å². The third kappa shape index (κ3) is 4.85. The maximum atomic E-state index is 12.5. The Hall–Kier alpha value is -1.80. The van der Waals surface area contributed by atoms with Crippen molar-refractivity contribution in [1.82, 2.24) is 9.80 Å². The van der Waals surface area contributed by atoms with E-state index in [2.05, 4.69) is 4.90 Å². The van der Waals surface area contributed by atoms with E-state index in [0.717, 1.165) is 23.7 Å². The number of likely N-dealkylation sites (N-methyl/N-ethyl adjacent to an activating group) is 1. The number of sulfonamides is 1. The van der Waals surface area contributed by atoms with Crippen LogP contribution < -0.4 is 9.04 Å². The van der Waals surface area contributed by atoms with Crippen LogP contribution in [0.25, 0.3) is 0 Å². The van der Waals surface area contributed by atoms with Crippen LogP contribution in [0.5, 0.6) is 5.75 Å². The van der Waals surface area contributed by atoms with Crippen molar-refractivity contribution in [2.75, 3.05) is 56.9 Å². The van der Waals surface area contributed by atoms with Crippen molar-refractivity contribution in [2.24, 2.45) is 0 Å². The number of carbonyl (C=O) groups is 1. The fourth-order valence-corrected chi connectivity index (χ4v) is 3.42. The fraction of sp³-hybridized carbons (Fsp3) is 0.562. The molecule has 0 aromatic heterocycles. The summed E-state index contributed by atoms with van der Waals surface area (Å²) in [4.78, 5) is 16.4. The van der Waals surface area contributed by atoms with Crippen molar-refractivity contribution < 1.29 is 17.9 Å². The highest BCUT2D eigenvalue weighted by Crippen LogP contribution is 2.23. The quantitative estimate of drug-likeness (QED) is 0.748. The van der Waals surface area contributed by atoms with Gasteiger partial charge in [-0.2, -0.15) is 0 Å². The van der Waals surface area contributed by atoms with E-state index in [1.165, 1.54) is 0 Å². The van der Waals surface area contributed by atoms with Gasteiger partial charge in [0.05, 0.1) is 18.6 Å². The van der Waals surface area contributed by atoms with E-state index in [4.69, 9.17) is 4.74 Å². The van der Waals surface area contributed by atoms with E-state index in [0.29, 0.717) is 31.1 Å². The van der Waals surface area contributed by atoms with Crippen molar-refractivity contribution in [2.45, 2.75) is 6.92 Å². The summed E-state index contributed by atoms with van der Waals surface area (Å²) in [6, 6.07) is 6.79. The summed E-state index contributed by atoms with van der Waals surface area (Å²) in [5.41, 5.74) is 0.436. The summed E-state index contributed by atoms with van der Waals surface area (Å²) in [5, 5.41) is 0. The van der Waals surface area contributed by atoms with Crippen LogP contribution >= 0.6 is 0 Å². The van der Waals surface area contributed by atoms with E-state index in [-0.39, 0.29) is 12.5 Å². The number of amides is 1. The van der Waals surface area contributed by atoms with Gasteiger partial charge in [0, 0.05) is 32.2 Å². The maximum absolute atomic E-state index is 12.5. The molecule has 1 fully saturated rings. The minimum atomic E-state index is -3.57. The molecule has 0 aliphatic carbocycles. The number of nitrogens with zero attached hydrogens (tertiary/aromatic N) is 3. The average molecular weight is 355 g/mol. The zero-order valence-electron chi connectivity index (χ0n) is 14.4.